The van der Waals surface area contributed by atoms with Crippen molar-refractivity contribution in [3.8, 4) is 0 Å². The fourth-order valence-corrected chi connectivity index (χ4v) is 1.80. The number of carbonyl (C=O) groups is 1. The largest absolute Gasteiger partial charge is 0.464 e. The van der Waals surface area contributed by atoms with Crippen LogP contribution in [0.1, 0.15) is 18.0 Å². The number of rotatable bonds is 4. The zero-order chi connectivity index (χ0) is 12.1. The van der Waals surface area contributed by atoms with E-state index in [0.29, 0.717) is 19.1 Å². The zero-order valence-electron chi connectivity index (χ0n) is 9.67. The number of benzene rings is 1. The molecule has 0 aliphatic carbocycles. The first-order valence-corrected chi connectivity index (χ1v) is 5.82. The number of carbonyl (C=O) groups excluding carboxylic acids is 1. The number of hydrogen-bond acceptors (Lipinski definition) is 4. The number of esters is 1. The van der Waals surface area contributed by atoms with Gasteiger partial charge in [0.2, 0.25) is 0 Å². The Morgan fingerprint density at radius 1 is 1.47 bits per heavy atom. The van der Waals surface area contributed by atoms with Crippen LogP contribution in [0.3, 0.4) is 0 Å². The standard InChI is InChI=1S/C13H17NO3/c14-12(11-4-2-1-3-5-11)13(15)17-9-10-6-7-16-8-10/h1-5,10,12H,6-9,14H2/t10?,12-/m1/s1. The van der Waals surface area contributed by atoms with Crippen molar-refractivity contribution in [2.75, 3.05) is 19.8 Å². The Morgan fingerprint density at radius 2 is 2.24 bits per heavy atom. The molecule has 1 unspecified atom stereocenters. The molecule has 1 aliphatic heterocycles. The lowest BCUT2D eigenvalue weighted by Gasteiger charge is -2.13. The monoisotopic (exact) mass is 235 g/mol. The molecule has 2 atom stereocenters. The molecule has 4 heteroatoms. The van der Waals surface area contributed by atoms with Crippen LogP contribution in [0.15, 0.2) is 30.3 Å². The quantitative estimate of drug-likeness (QED) is 0.798. The first-order valence-electron chi connectivity index (χ1n) is 5.82. The maximum absolute atomic E-state index is 11.7. The van der Waals surface area contributed by atoms with Gasteiger partial charge in [-0.1, -0.05) is 30.3 Å². The van der Waals surface area contributed by atoms with E-state index in [1.54, 1.807) is 0 Å². The second-order valence-corrected chi connectivity index (χ2v) is 4.25. The zero-order valence-corrected chi connectivity index (χ0v) is 9.67. The number of nitrogens with two attached hydrogens (primary N) is 1. The Bertz CT molecular complexity index is 360. The van der Waals surface area contributed by atoms with E-state index >= 15 is 0 Å². The average Bonchev–Trinajstić information content (AvgIpc) is 2.89. The van der Waals surface area contributed by atoms with Crippen molar-refractivity contribution in [3.63, 3.8) is 0 Å². The molecule has 1 fully saturated rings. The molecule has 92 valence electrons. The highest BCUT2D eigenvalue weighted by atomic mass is 16.5. The first kappa shape index (κ1) is 12.1. The van der Waals surface area contributed by atoms with Crippen LogP contribution in [-0.4, -0.2) is 25.8 Å². The van der Waals surface area contributed by atoms with Crippen LogP contribution in [0.2, 0.25) is 0 Å². The van der Waals surface area contributed by atoms with Gasteiger partial charge in [0, 0.05) is 12.5 Å². The van der Waals surface area contributed by atoms with Crippen LogP contribution < -0.4 is 5.73 Å². The van der Waals surface area contributed by atoms with Gasteiger partial charge in [0.05, 0.1) is 13.2 Å². The summed E-state index contributed by atoms with van der Waals surface area (Å²) >= 11 is 0. The predicted molar refractivity (Wildman–Crippen MR) is 63.3 cm³/mol. The molecule has 1 saturated heterocycles. The van der Waals surface area contributed by atoms with Crippen molar-refractivity contribution < 1.29 is 14.3 Å². The van der Waals surface area contributed by atoms with Crippen molar-refractivity contribution in [1.82, 2.24) is 0 Å². The minimum atomic E-state index is -0.696. The molecule has 1 heterocycles. The van der Waals surface area contributed by atoms with Gasteiger partial charge in [-0.25, -0.2) is 4.79 Å². The Balaban J connectivity index is 1.83. The molecular formula is C13H17NO3. The van der Waals surface area contributed by atoms with Gasteiger partial charge < -0.3 is 15.2 Å². The van der Waals surface area contributed by atoms with Crippen LogP contribution in [0.25, 0.3) is 0 Å². The Morgan fingerprint density at radius 3 is 2.88 bits per heavy atom. The summed E-state index contributed by atoms with van der Waals surface area (Å²) in [5.74, 6) is -0.0509. The molecule has 1 aromatic rings. The van der Waals surface area contributed by atoms with Crippen LogP contribution in [-0.2, 0) is 14.3 Å². The predicted octanol–water partition coefficient (Wildman–Crippen LogP) is 1.27. The molecule has 0 saturated carbocycles. The van der Waals surface area contributed by atoms with Crippen LogP contribution >= 0.6 is 0 Å². The van der Waals surface area contributed by atoms with E-state index in [2.05, 4.69) is 0 Å². The lowest BCUT2D eigenvalue weighted by atomic mass is 10.1. The van der Waals surface area contributed by atoms with Crippen molar-refractivity contribution in [2.45, 2.75) is 12.5 Å². The Kier molecular flexibility index (Phi) is 4.12. The molecule has 1 aromatic carbocycles. The average molecular weight is 235 g/mol. The minimum Gasteiger partial charge on any atom is -0.464 e. The highest BCUT2D eigenvalue weighted by Gasteiger charge is 2.21. The molecule has 0 spiro atoms. The van der Waals surface area contributed by atoms with Gasteiger partial charge in [0.1, 0.15) is 6.04 Å². The van der Waals surface area contributed by atoms with Gasteiger partial charge in [0.25, 0.3) is 0 Å². The van der Waals surface area contributed by atoms with Gasteiger partial charge >= 0.3 is 5.97 Å². The maximum Gasteiger partial charge on any atom is 0.327 e. The van der Waals surface area contributed by atoms with Crippen LogP contribution in [0.4, 0.5) is 0 Å². The third-order valence-corrected chi connectivity index (χ3v) is 2.90. The van der Waals surface area contributed by atoms with E-state index in [1.165, 1.54) is 0 Å². The van der Waals surface area contributed by atoms with Crippen molar-refractivity contribution in [3.05, 3.63) is 35.9 Å². The van der Waals surface area contributed by atoms with E-state index in [-0.39, 0.29) is 5.97 Å². The van der Waals surface area contributed by atoms with Crippen LogP contribution in [0, 0.1) is 5.92 Å². The maximum atomic E-state index is 11.7. The highest BCUT2D eigenvalue weighted by molar-refractivity contribution is 5.77. The van der Waals surface area contributed by atoms with E-state index in [0.717, 1.165) is 18.6 Å². The minimum absolute atomic E-state index is 0.321. The highest BCUT2D eigenvalue weighted by Crippen LogP contribution is 2.15. The first-order chi connectivity index (χ1) is 8.27. The molecule has 4 nitrogen and oxygen atoms in total. The fraction of sp³-hybridized carbons (Fsp3) is 0.462. The van der Waals surface area contributed by atoms with E-state index in [4.69, 9.17) is 15.2 Å². The van der Waals surface area contributed by atoms with E-state index in [9.17, 15) is 4.79 Å². The molecule has 0 aromatic heterocycles. The topological polar surface area (TPSA) is 61.6 Å². The van der Waals surface area contributed by atoms with Crippen molar-refractivity contribution in [2.24, 2.45) is 11.7 Å². The fourth-order valence-electron chi connectivity index (χ4n) is 1.80. The molecule has 0 bridgehead atoms. The normalized spacial score (nSPS) is 21.1. The lowest BCUT2D eigenvalue weighted by molar-refractivity contribution is -0.146. The van der Waals surface area contributed by atoms with Gasteiger partial charge in [-0.15, -0.1) is 0 Å². The SMILES string of the molecule is N[C@@H](C(=O)OCC1CCOC1)c1ccccc1. The summed E-state index contributed by atoms with van der Waals surface area (Å²) in [6.07, 6.45) is 0.952. The molecule has 1 aliphatic rings. The van der Waals surface area contributed by atoms with Gasteiger partial charge in [0.15, 0.2) is 0 Å². The summed E-state index contributed by atoms with van der Waals surface area (Å²) in [5.41, 5.74) is 6.60. The molecular weight excluding hydrogens is 218 g/mol. The second kappa shape index (κ2) is 5.80. The van der Waals surface area contributed by atoms with Crippen molar-refractivity contribution >= 4 is 5.97 Å². The van der Waals surface area contributed by atoms with Gasteiger partial charge in [-0.2, -0.15) is 0 Å². The van der Waals surface area contributed by atoms with Gasteiger partial charge in [-0.3, -0.25) is 0 Å². The molecule has 17 heavy (non-hydrogen) atoms. The van der Waals surface area contributed by atoms with Crippen LogP contribution in [0.5, 0.6) is 0 Å². The number of ether oxygens (including phenoxy) is 2. The summed E-state index contributed by atoms with van der Waals surface area (Å²) in [6, 6.07) is 8.55. The third-order valence-electron chi connectivity index (χ3n) is 2.90. The smallest absolute Gasteiger partial charge is 0.327 e. The summed E-state index contributed by atoms with van der Waals surface area (Å²) in [6.45, 7) is 1.83. The molecule has 2 rings (SSSR count). The van der Waals surface area contributed by atoms with E-state index in [1.807, 2.05) is 30.3 Å². The second-order valence-electron chi connectivity index (χ2n) is 4.25. The van der Waals surface area contributed by atoms with Gasteiger partial charge in [-0.05, 0) is 12.0 Å². The van der Waals surface area contributed by atoms with E-state index < -0.39 is 6.04 Å². The molecule has 0 radical (unpaired) electrons. The number of hydrogen-bond donors (Lipinski definition) is 1. The third kappa shape index (κ3) is 3.28. The molecule has 0 amide bonds. The summed E-state index contributed by atoms with van der Waals surface area (Å²) in [4.78, 5) is 11.7. The lowest BCUT2D eigenvalue weighted by Crippen LogP contribution is -2.25. The Labute approximate surface area is 101 Å². The van der Waals surface area contributed by atoms with Crippen molar-refractivity contribution in [1.29, 1.82) is 0 Å². The Hall–Kier alpha value is -1.39. The summed E-state index contributed by atoms with van der Waals surface area (Å²) in [5, 5.41) is 0. The summed E-state index contributed by atoms with van der Waals surface area (Å²) in [7, 11) is 0. The molecule has 2 N–H and O–H groups in total. The summed E-state index contributed by atoms with van der Waals surface area (Å²) < 4.78 is 10.4.